The monoisotopic (exact) mass is 345 g/mol. The van der Waals surface area contributed by atoms with E-state index in [0.29, 0.717) is 12.3 Å². The summed E-state index contributed by atoms with van der Waals surface area (Å²) in [5.74, 6) is 0. The van der Waals surface area contributed by atoms with Crippen molar-refractivity contribution < 1.29 is 18.0 Å². The zero-order chi connectivity index (χ0) is 17.2. The van der Waals surface area contributed by atoms with Crippen LogP contribution in [0.3, 0.4) is 0 Å². The number of carbonyl (C=O) groups excluding carboxylic acids is 1. The van der Waals surface area contributed by atoms with Gasteiger partial charge in [0, 0.05) is 18.1 Å². The van der Waals surface area contributed by atoms with Gasteiger partial charge in [0.15, 0.2) is 0 Å². The second-order valence-corrected chi connectivity index (χ2v) is 5.84. The number of hydrogen-bond donors (Lipinski definition) is 2. The molecule has 2 aromatic heterocycles. The molecule has 2 amide bonds. The number of aromatic amines is 1. The third-order valence-corrected chi connectivity index (χ3v) is 4.37. The van der Waals surface area contributed by atoms with Crippen LogP contribution in [0.1, 0.15) is 23.4 Å². The highest BCUT2D eigenvalue weighted by molar-refractivity contribution is 7.10. The number of alkyl halides is 3. The number of aromatic nitrogens is 1. The minimum Gasteiger partial charge on any atom is -0.327 e. The van der Waals surface area contributed by atoms with E-state index in [0.717, 1.165) is 4.88 Å². The normalized spacial score (nSPS) is 12.7. The summed E-state index contributed by atoms with van der Waals surface area (Å²) in [6.45, 7) is 1.78. The number of nitrogens with one attached hydrogen (secondary N) is 2. The lowest BCUT2D eigenvalue weighted by Crippen LogP contribution is -2.35. The average molecular weight is 345 g/mol. The molecule has 1 atom stereocenters. The first-order valence-corrected chi connectivity index (χ1v) is 7.45. The Kier molecular flexibility index (Phi) is 4.79. The molecule has 0 aromatic carbocycles. The Labute approximate surface area is 133 Å². The standard InChI is InChI=1S/C14H14F3N3O2S/c1-8(11-4-3-5-23-11)20(2)13(22)19-10-6-9(14(15,16)17)7-18-12(10)21/h3-8H,1-2H3,(H,18,21)(H,19,22)/t8-/m1/s1. The predicted molar refractivity (Wildman–Crippen MR) is 81.6 cm³/mol. The molecule has 2 N–H and O–H groups in total. The van der Waals surface area contributed by atoms with Gasteiger partial charge in [-0.2, -0.15) is 13.2 Å². The maximum atomic E-state index is 12.7. The highest BCUT2D eigenvalue weighted by Crippen LogP contribution is 2.29. The maximum absolute atomic E-state index is 12.7. The molecule has 0 fully saturated rings. The maximum Gasteiger partial charge on any atom is 0.417 e. The number of nitrogens with zero attached hydrogens (tertiary/aromatic N) is 1. The van der Waals surface area contributed by atoms with Crippen molar-refractivity contribution in [2.75, 3.05) is 12.4 Å². The van der Waals surface area contributed by atoms with Crippen LogP contribution in [0, 0.1) is 0 Å². The minimum absolute atomic E-state index is 0.278. The first-order chi connectivity index (χ1) is 10.7. The highest BCUT2D eigenvalue weighted by atomic mass is 32.1. The SMILES string of the molecule is C[C@H](c1cccs1)N(C)C(=O)Nc1cc(C(F)(F)F)c[nH]c1=O. The largest absolute Gasteiger partial charge is 0.417 e. The molecule has 124 valence electrons. The number of carbonyl (C=O) groups is 1. The minimum atomic E-state index is -4.61. The molecule has 2 aromatic rings. The Hall–Kier alpha value is -2.29. The molecule has 2 rings (SSSR count). The number of pyridine rings is 1. The molecule has 0 aliphatic heterocycles. The molecule has 23 heavy (non-hydrogen) atoms. The van der Waals surface area contributed by atoms with Crippen LogP contribution in [0.4, 0.5) is 23.7 Å². The van der Waals surface area contributed by atoms with Gasteiger partial charge < -0.3 is 15.2 Å². The Morgan fingerprint density at radius 2 is 2.13 bits per heavy atom. The van der Waals surface area contributed by atoms with Crippen molar-refractivity contribution in [2.24, 2.45) is 0 Å². The van der Waals surface area contributed by atoms with Gasteiger partial charge >= 0.3 is 12.2 Å². The summed E-state index contributed by atoms with van der Waals surface area (Å²) in [6.07, 6.45) is -4.05. The van der Waals surface area contributed by atoms with Crippen molar-refractivity contribution in [2.45, 2.75) is 19.1 Å². The van der Waals surface area contributed by atoms with Crippen molar-refractivity contribution in [1.29, 1.82) is 0 Å². The van der Waals surface area contributed by atoms with E-state index in [9.17, 15) is 22.8 Å². The van der Waals surface area contributed by atoms with Crippen LogP contribution in [0.2, 0.25) is 0 Å². The van der Waals surface area contributed by atoms with E-state index in [4.69, 9.17) is 0 Å². The van der Waals surface area contributed by atoms with Gasteiger partial charge in [-0.15, -0.1) is 11.3 Å². The Balaban J connectivity index is 2.18. The summed E-state index contributed by atoms with van der Waals surface area (Å²) in [5.41, 5.74) is -2.29. The summed E-state index contributed by atoms with van der Waals surface area (Å²) < 4.78 is 38.0. The van der Waals surface area contributed by atoms with Crippen LogP contribution in [0.15, 0.2) is 34.6 Å². The second-order valence-electron chi connectivity index (χ2n) is 4.86. The molecule has 0 saturated carbocycles. The molecule has 0 saturated heterocycles. The van der Waals surface area contributed by atoms with E-state index in [1.165, 1.54) is 23.3 Å². The molecular weight excluding hydrogens is 331 g/mol. The van der Waals surface area contributed by atoms with Gasteiger partial charge in [0.2, 0.25) is 0 Å². The fourth-order valence-electron chi connectivity index (χ4n) is 1.84. The van der Waals surface area contributed by atoms with Crippen LogP contribution >= 0.6 is 11.3 Å². The molecular formula is C14H14F3N3O2S. The van der Waals surface area contributed by atoms with Gasteiger partial charge in [-0.05, 0) is 24.4 Å². The van der Waals surface area contributed by atoms with E-state index in [2.05, 4.69) is 5.32 Å². The quantitative estimate of drug-likeness (QED) is 0.891. The first kappa shape index (κ1) is 17.1. The topological polar surface area (TPSA) is 65.2 Å². The number of H-pyrrole nitrogens is 1. The Morgan fingerprint density at radius 1 is 1.43 bits per heavy atom. The molecule has 0 spiro atoms. The van der Waals surface area contributed by atoms with Crippen molar-refractivity contribution >= 4 is 23.1 Å². The predicted octanol–water partition coefficient (Wildman–Crippen LogP) is 3.68. The summed E-state index contributed by atoms with van der Waals surface area (Å²) in [5, 5.41) is 4.07. The Bertz CT molecular complexity index is 740. The van der Waals surface area contributed by atoms with E-state index < -0.39 is 29.0 Å². The molecule has 0 unspecified atom stereocenters. The van der Waals surface area contributed by atoms with Gasteiger partial charge in [0.05, 0.1) is 11.6 Å². The van der Waals surface area contributed by atoms with Gasteiger partial charge in [0.1, 0.15) is 5.69 Å². The zero-order valence-corrected chi connectivity index (χ0v) is 13.1. The summed E-state index contributed by atoms with van der Waals surface area (Å²) in [4.78, 5) is 27.9. The van der Waals surface area contributed by atoms with E-state index in [1.54, 1.807) is 6.92 Å². The van der Waals surface area contributed by atoms with Crippen molar-refractivity contribution in [3.63, 3.8) is 0 Å². The Morgan fingerprint density at radius 3 is 2.70 bits per heavy atom. The van der Waals surface area contributed by atoms with Crippen LogP contribution < -0.4 is 10.9 Å². The van der Waals surface area contributed by atoms with Gasteiger partial charge in [-0.1, -0.05) is 6.07 Å². The number of amides is 2. The fourth-order valence-corrected chi connectivity index (χ4v) is 2.67. The lowest BCUT2D eigenvalue weighted by atomic mass is 10.2. The number of thiophene rings is 1. The van der Waals surface area contributed by atoms with Gasteiger partial charge in [0.25, 0.3) is 5.56 Å². The summed E-state index contributed by atoms with van der Waals surface area (Å²) in [6, 6.07) is 3.34. The third-order valence-electron chi connectivity index (χ3n) is 3.33. The molecule has 0 aliphatic rings. The average Bonchev–Trinajstić information content (AvgIpc) is 3.00. The lowest BCUT2D eigenvalue weighted by Gasteiger charge is -2.24. The molecule has 0 aliphatic carbocycles. The fraction of sp³-hybridized carbons (Fsp3) is 0.286. The number of hydrogen-bond acceptors (Lipinski definition) is 3. The summed E-state index contributed by atoms with van der Waals surface area (Å²) in [7, 11) is 1.50. The molecule has 0 radical (unpaired) electrons. The van der Waals surface area contributed by atoms with Gasteiger partial charge in [-0.3, -0.25) is 4.79 Å². The lowest BCUT2D eigenvalue weighted by molar-refractivity contribution is -0.137. The third kappa shape index (κ3) is 3.92. The molecule has 0 bridgehead atoms. The molecule has 9 heteroatoms. The summed E-state index contributed by atoms with van der Waals surface area (Å²) >= 11 is 1.45. The smallest absolute Gasteiger partial charge is 0.327 e. The van der Waals surface area contributed by atoms with Crippen LogP contribution in [-0.4, -0.2) is 23.0 Å². The second kappa shape index (κ2) is 6.45. The number of halogens is 3. The highest BCUT2D eigenvalue weighted by Gasteiger charge is 2.31. The molecule has 2 heterocycles. The van der Waals surface area contributed by atoms with Crippen LogP contribution in [0.5, 0.6) is 0 Å². The van der Waals surface area contributed by atoms with E-state index >= 15 is 0 Å². The van der Waals surface area contributed by atoms with Crippen molar-refractivity contribution in [3.8, 4) is 0 Å². The van der Waals surface area contributed by atoms with Crippen LogP contribution in [-0.2, 0) is 6.18 Å². The van der Waals surface area contributed by atoms with E-state index in [1.807, 2.05) is 22.5 Å². The number of anilines is 1. The number of rotatable bonds is 3. The van der Waals surface area contributed by atoms with Gasteiger partial charge in [-0.25, -0.2) is 4.79 Å². The van der Waals surface area contributed by atoms with E-state index in [-0.39, 0.29) is 6.04 Å². The zero-order valence-electron chi connectivity index (χ0n) is 12.3. The first-order valence-electron chi connectivity index (χ1n) is 6.57. The molecule has 5 nitrogen and oxygen atoms in total. The number of urea groups is 1. The van der Waals surface area contributed by atoms with Crippen LogP contribution in [0.25, 0.3) is 0 Å². The van der Waals surface area contributed by atoms with Crippen molar-refractivity contribution in [3.05, 3.63) is 50.6 Å². The van der Waals surface area contributed by atoms with Crippen molar-refractivity contribution in [1.82, 2.24) is 9.88 Å².